The van der Waals surface area contributed by atoms with E-state index in [2.05, 4.69) is 4.99 Å². The summed E-state index contributed by atoms with van der Waals surface area (Å²) in [5, 5.41) is 0. The van der Waals surface area contributed by atoms with Gasteiger partial charge in [-0.1, -0.05) is 0 Å². The fourth-order valence-electron chi connectivity index (χ4n) is 2.48. The second-order valence-electron chi connectivity index (χ2n) is 5.26. The molecule has 124 valence electrons. The minimum absolute atomic E-state index is 0.124. The predicted molar refractivity (Wildman–Crippen MR) is 76.5 cm³/mol. The number of alkyl halides is 2. The van der Waals surface area contributed by atoms with Crippen LogP contribution in [0.4, 0.5) is 13.2 Å². The Labute approximate surface area is 129 Å². The Bertz CT molecular complexity index is 693. The Morgan fingerprint density at radius 2 is 2.04 bits per heavy atom. The topological polar surface area (TPSA) is 102 Å². The van der Waals surface area contributed by atoms with Crippen LogP contribution in [0.15, 0.2) is 23.2 Å². The number of halogens is 3. The lowest BCUT2D eigenvalue weighted by molar-refractivity contribution is -0.130. The molecule has 1 unspecified atom stereocenters. The van der Waals surface area contributed by atoms with Gasteiger partial charge in [0.2, 0.25) is 11.8 Å². The zero-order chi connectivity index (χ0) is 17.4. The van der Waals surface area contributed by atoms with Crippen molar-refractivity contribution in [2.45, 2.75) is 18.9 Å². The van der Waals surface area contributed by atoms with Gasteiger partial charge in [0, 0.05) is 18.1 Å². The molecule has 1 aromatic rings. The quantitative estimate of drug-likeness (QED) is 0.849. The Morgan fingerprint density at radius 1 is 1.39 bits per heavy atom. The van der Waals surface area contributed by atoms with Crippen LogP contribution in [0.25, 0.3) is 0 Å². The first-order valence-corrected chi connectivity index (χ1v) is 6.65. The smallest absolute Gasteiger partial charge is 0.269 e. The molecule has 1 atom stereocenters. The lowest BCUT2D eigenvalue weighted by Gasteiger charge is -2.39. The summed E-state index contributed by atoms with van der Waals surface area (Å²) in [6.07, 6.45) is -3.15. The Hall–Kier alpha value is -2.58. The van der Waals surface area contributed by atoms with Crippen molar-refractivity contribution in [2.75, 3.05) is 13.1 Å². The van der Waals surface area contributed by atoms with Crippen LogP contribution >= 0.6 is 0 Å². The van der Waals surface area contributed by atoms with Gasteiger partial charge in [-0.3, -0.25) is 14.6 Å². The highest BCUT2D eigenvalue weighted by Crippen LogP contribution is 2.37. The van der Waals surface area contributed by atoms with Gasteiger partial charge in [-0.25, -0.2) is 13.2 Å². The van der Waals surface area contributed by atoms with Gasteiger partial charge in [-0.05, 0) is 18.2 Å². The summed E-state index contributed by atoms with van der Waals surface area (Å²) in [6, 6.07) is 2.86. The molecule has 0 fully saturated rings. The van der Waals surface area contributed by atoms with Crippen molar-refractivity contribution in [3.63, 3.8) is 0 Å². The number of nitrogens with zero attached hydrogens (tertiary/aromatic N) is 2. The summed E-state index contributed by atoms with van der Waals surface area (Å²) in [4.78, 5) is 27.6. The molecule has 1 aliphatic heterocycles. The standard InChI is InChI=1S/C14H15F3N4O2/c1-7(22)21-5-11(18)20-14(6-21,13(16)17)9-4-8(12(19)23)2-3-10(9)15/h2-4,13H,5-6H2,1H3,(H2,18,20)(H2,19,23). The van der Waals surface area contributed by atoms with E-state index >= 15 is 0 Å². The minimum Gasteiger partial charge on any atom is -0.386 e. The predicted octanol–water partition coefficient (Wildman–Crippen LogP) is 0.604. The van der Waals surface area contributed by atoms with Crippen molar-refractivity contribution < 1.29 is 22.8 Å². The third-order valence-electron chi connectivity index (χ3n) is 3.65. The summed E-state index contributed by atoms with van der Waals surface area (Å²) in [5.41, 5.74) is 7.62. The SMILES string of the molecule is CC(=O)N1CC(N)=NC(c2cc(C(N)=O)ccc2F)(C(F)F)C1. The molecule has 23 heavy (non-hydrogen) atoms. The monoisotopic (exact) mass is 328 g/mol. The summed E-state index contributed by atoms with van der Waals surface area (Å²) in [6.45, 7) is 0.506. The van der Waals surface area contributed by atoms with Gasteiger partial charge in [0.25, 0.3) is 6.43 Å². The molecule has 2 amide bonds. The van der Waals surface area contributed by atoms with Crippen LogP contribution in [-0.4, -0.2) is 42.1 Å². The third kappa shape index (κ3) is 2.99. The Balaban J connectivity index is 2.67. The number of carbonyl (C=O) groups is 2. The van der Waals surface area contributed by atoms with Crippen LogP contribution in [0.5, 0.6) is 0 Å². The number of nitrogens with two attached hydrogens (primary N) is 2. The van der Waals surface area contributed by atoms with Crippen LogP contribution in [-0.2, 0) is 10.3 Å². The first-order chi connectivity index (χ1) is 10.7. The fourth-order valence-corrected chi connectivity index (χ4v) is 2.48. The number of carbonyl (C=O) groups excluding carboxylic acids is 2. The molecule has 6 nitrogen and oxygen atoms in total. The van der Waals surface area contributed by atoms with Crippen LogP contribution < -0.4 is 11.5 Å². The van der Waals surface area contributed by atoms with E-state index in [9.17, 15) is 22.8 Å². The van der Waals surface area contributed by atoms with Crippen molar-refractivity contribution in [2.24, 2.45) is 16.5 Å². The average Bonchev–Trinajstić information content (AvgIpc) is 2.46. The Kier molecular flexibility index (Phi) is 4.31. The zero-order valence-corrected chi connectivity index (χ0v) is 12.2. The van der Waals surface area contributed by atoms with Gasteiger partial charge < -0.3 is 16.4 Å². The van der Waals surface area contributed by atoms with Crippen molar-refractivity contribution in [1.29, 1.82) is 0 Å². The largest absolute Gasteiger partial charge is 0.386 e. The number of amides is 2. The minimum atomic E-state index is -3.15. The molecule has 0 aliphatic carbocycles. The molecule has 1 heterocycles. The van der Waals surface area contributed by atoms with Gasteiger partial charge in [0.1, 0.15) is 11.7 Å². The van der Waals surface area contributed by atoms with Crippen LogP contribution in [0.1, 0.15) is 22.8 Å². The van der Waals surface area contributed by atoms with E-state index in [1.807, 2.05) is 0 Å². The van der Waals surface area contributed by atoms with Gasteiger partial charge in [0.05, 0.1) is 13.1 Å². The number of rotatable bonds is 3. The molecule has 0 saturated carbocycles. The van der Waals surface area contributed by atoms with Gasteiger partial charge in [-0.2, -0.15) is 0 Å². The molecular weight excluding hydrogens is 313 g/mol. The summed E-state index contributed by atoms with van der Waals surface area (Å²) >= 11 is 0. The summed E-state index contributed by atoms with van der Waals surface area (Å²) < 4.78 is 41.8. The van der Waals surface area contributed by atoms with E-state index in [1.54, 1.807) is 0 Å². The summed E-state index contributed by atoms with van der Waals surface area (Å²) in [7, 11) is 0. The third-order valence-corrected chi connectivity index (χ3v) is 3.65. The highest BCUT2D eigenvalue weighted by atomic mass is 19.3. The molecule has 2 rings (SSSR count). The number of hydrogen-bond donors (Lipinski definition) is 2. The lowest BCUT2D eigenvalue weighted by atomic mass is 9.87. The second kappa shape index (κ2) is 5.90. The van der Waals surface area contributed by atoms with E-state index < -0.39 is 41.7 Å². The highest BCUT2D eigenvalue weighted by Gasteiger charge is 2.48. The molecule has 1 aromatic carbocycles. The van der Waals surface area contributed by atoms with Crippen LogP contribution in [0, 0.1) is 5.82 Å². The Morgan fingerprint density at radius 3 is 2.57 bits per heavy atom. The molecule has 1 aliphatic rings. The van der Waals surface area contributed by atoms with Crippen LogP contribution in [0.3, 0.4) is 0 Å². The molecule has 0 bridgehead atoms. The molecule has 9 heteroatoms. The van der Waals surface area contributed by atoms with E-state index in [0.29, 0.717) is 0 Å². The fraction of sp³-hybridized carbons (Fsp3) is 0.357. The number of amidine groups is 1. The van der Waals surface area contributed by atoms with Gasteiger partial charge in [-0.15, -0.1) is 0 Å². The number of benzene rings is 1. The molecule has 0 saturated heterocycles. The van der Waals surface area contributed by atoms with Crippen molar-refractivity contribution in [1.82, 2.24) is 4.90 Å². The molecule has 4 N–H and O–H groups in total. The normalized spacial score (nSPS) is 21.3. The van der Waals surface area contributed by atoms with Crippen LogP contribution in [0.2, 0.25) is 0 Å². The van der Waals surface area contributed by atoms with E-state index in [4.69, 9.17) is 11.5 Å². The first-order valence-electron chi connectivity index (χ1n) is 6.65. The van der Waals surface area contributed by atoms with E-state index in [1.165, 1.54) is 6.92 Å². The van der Waals surface area contributed by atoms with E-state index in [0.717, 1.165) is 23.1 Å². The molecular formula is C14H15F3N4O2. The average molecular weight is 328 g/mol. The first kappa shape index (κ1) is 16.8. The maximum atomic E-state index is 14.2. The molecule has 0 radical (unpaired) electrons. The molecule has 0 spiro atoms. The van der Waals surface area contributed by atoms with E-state index in [-0.39, 0.29) is 17.9 Å². The lowest BCUT2D eigenvalue weighted by Crippen LogP contribution is -2.54. The maximum absolute atomic E-state index is 14.2. The second-order valence-corrected chi connectivity index (χ2v) is 5.26. The highest BCUT2D eigenvalue weighted by molar-refractivity contribution is 5.93. The van der Waals surface area contributed by atoms with Gasteiger partial charge >= 0.3 is 0 Å². The number of aliphatic imine (C=N–C) groups is 1. The maximum Gasteiger partial charge on any atom is 0.269 e. The van der Waals surface area contributed by atoms with Crippen molar-refractivity contribution in [3.8, 4) is 0 Å². The number of primary amides is 1. The zero-order valence-electron chi connectivity index (χ0n) is 12.2. The van der Waals surface area contributed by atoms with Crippen molar-refractivity contribution >= 4 is 17.6 Å². The summed E-state index contributed by atoms with van der Waals surface area (Å²) in [5.74, 6) is -2.61. The number of hydrogen-bond acceptors (Lipinski definition) is 4. The molecule has 0 aromatic heterocycles. The van der Waals surface area contributed by atoms with Crippen molar-refractivity contribution in [3.05, 3.63) is 35.1 Å². The van der Waals surface area contributed by atoms with Gasteiger partial charge in [0.15, 0.2) is 5.54 Å².